The van der Waals surface area contributed by atoms with Crippen LogP contribution >= 0.6 is 11.6 Å². The van der Waals surface area contributed by atoms with Gasteiger partial charge in [-0.2, -0.15) is 0 Å². The minimum atomic E-state index is -0.121. The Balaban J connectivity index is 2.18. The first-order valence-electron chi connectivity index (χ1n) is 5.89. The van der Waals surface area contributed by atoms with Gasteiger partial charge in [0, 0.05) is 12.2 Å². The molecule has 0 aromatic heterocycles. The van der Waals surface area contributed by atoms with Crippen LogP contribution in [-0.2, 0) is 0 Å². The van der Waals surface area contributed by atoms with Crippen LogP contribution in [0.5, 0.6) is 0 Å². The van der Waals surface area contributed by atoms with E-state index < -0.39 is 0 Å². The highest BCUT2D eigenvalue weighted by molar-refractivity contribution is 6.34. The van der Waals surface area contributed by atoms with Crippen LogP contribution in [-0.4, -0.2) is 23.9 Å². The number of nitrogens with two attached hydrogens (primary N) is 1. The molecule has 1 aliphatic carbocycles. The summed E-state index contributed by atoms with van der Waals surface area (Å²) in [6.45, 7) is 1.03. The molecule has 3 nitrogen and oxygen atoms in total. The van der Waals surface area contributed by atoms with Crippen LogP contribution in [0.15, 0.2) is 18.2 Å². The van der Waals surface area contributed by atoms with Crippen molar-refractivity contribution >= 4 is 23.2 Å². The average Bonchev–Trinajstić information content (AvgIpc) is 3.11. The molecule has 1 fully saturated rings. The van der Waals surface area contributed by atoms with Crippen molar-refractivity contribution in [2.45, 2.75) is 12.8 Å². The zero-order valence-corrected chi connectivity index (χ0v) is 10.8. The van der Waals surface area contributed by atoms with E-state index in [2.05, 4.69) is 5.92 Å². The minimum absolute atomic E-state index is 0.121. The largest absolute Gasteiger partial charge is 0.399 e. The summed E-state index contributed by atoms with van der Waals surface area (Å²) >= 11 is 6.04. The first kappa shape index (κ1) is 12.8. The maximum atomic E-state index is 12.3. The van der Waals surface area contributed by atoms with E-state index in [1.54, 1.807) is 23.1 Å². The molecule has 1 aromatic carbocycles. The van der Waals surface area contributed by atoms with Gasteiger partial charge in [-0.05, 0) is 37.0 Å². The van der Waals surface area contributed by atoms with Crippen molar-refractivity contribution < 1.29 is 4.79 Å². The summed E-state index contributed by atoms with van der Waals surface area (Å²) in [5, 5.41) is 0.373. The summed E-state index contributed by atoms with van der Waals surface area (Å²) in [7, 11) is 0. The summed E-state index contributed by atoms with van der Waals surface area (Å²) < 4.78 is 0. The number of hydrogen-bond donors (Lipinski definition) is 1. The Labute approximate surface area is 112 Å². The minimum Gasteiger partial charge on any atom is -0.399 e. The third-order valence-corrected chi connectivity index (χ3v) is 3.28. The van der Waals surface area contributed by atoms with Crippen LogP contribution < -0.4 is 5.73 Å². The van der Waals surface area contributed by atoms with E-state index in [0.29, 0.717) is 35.3 Å². The van der Waals surface area contributed by atoms with E-state index in [1.165, 1.54) is 12.8 Å². The number of terminal acetylenes is 1. The number of carbonyl (C=O) groups is 1. The fraction of sp³-hybridized carbons (Fsp3) is 0.357. The predicted octanol–water partition coefficient (Wildman–Crippen LogP) is 2.41. The number of amides is 1. The van der Waals surface area contributed by atoms with Crippen molar-refractivity contribution in [3.8, 4) is 12.3 Å². The van der Waals surface area contributed by atoms with Gasteiger partial charge in [0.2, 0.25) is 0 Å². The van der Waals surface area contributed by atoms with Gasteiger partial charge in [-0.25, -0.2) is 0 Å². The molecule has 2 rings (SSSR count). The molecule has 1 saturated carbocycles. The smallest absolute Gasteiger partial charge is 0.256 e. The lowest BCUT2D eigenvalue weighted by atomic mass is 10.1. The van der Waals surface area contributed by atoms with Crippen LogP contribution in [0.4, 0.5) is 5.69 Å². The molecule has 0 radical (unpaired) electrons. The summed E-state index contributed by atoms with van der Waals surface area (Å²) in [5.41, 5.74) is 6.62. The summed E-state index contributed by atoms with van der Waals surface area (Å²) in [5.74, 6) is 2.99. The summed E-state index contributed by atoms with van der Waals surface area (Å²) in [6, 6.07) is 4.90. The number of benzene rings is 1. The van der Waals surface area contributed by atoms with Gasteiger partial charge in [-0.1, -0.05) is 17.5 Å². The maximum absolute atomic E-state index is 12.3. The Kier molecular flexibility index (Phi) is 3.78. The lowest BCUT2D eigenvalue weighted by Crippen LogP contribution is -2.33. The lowest BCUT2D eigenvalue weighted by molar-refractivity contribution is 0.0770. The Morgan fingerprint density at radius 1 is 1.56 bits per heavy atom. The van der Waals surface area contributed by atoms with Gasteiger partial charge in [-0.3, -0.25) is 4.79 Å². The number of nitrogens with zero attached hydrogens (tertiary/aromatic N) is 1. The zero-order chi connectivity index (χ0) is 13.1. The molecule has 1 amide bonds. The third-order valence-electron chi connectivity index (χ3n) is 2.97. The maximum Gasteiger partial charge on any atom is 0.256 e. The topological polar surface area (TPSA) is 46.3 Å². The normalized spacial score (nSPS) is 14.0. The van der Waals surface area contributed by atoms with Crippen molar-refractivity contribution in [2.75, 3.05) is 18.8 Å². The van der Waals surface area contributed by atoms with Gasteiger partial charge < -0.3 is 10.6 Å². The molecular weight excluding hydrogens is 248 g/mol. The first-order valence-corrected chi connectivity index (χ1v) is 6.27. The Hall–Kier alpha value is -1.66. The molecule has 1 aromatic rings. The molecule has 0 heterocycles. The predicted molar refractivity (Wildman–Crippen MR) is 73.3 cm³/mol. The van der Waals surface area contributed by atoms with Crippen LogP contribution in [0.1, 0.15) is 23.2 Å². The number of halogens is 1. The highest BCUT2D eigenvalue weighted by atomic mass is 35.5. The quantitative estimate of drug-likeness (QED) is 0.669. The highest BCUT2D eigenvalue weighted by Gasteiger charge is 2.27. The molecule has 2 N–H and O–H groups in total. The molecule has 0 bridgehead atoms. The Bertz CT molecular complexity index is 503. The van der Waals surface area contributed by atoms with Crippen molar-refractivity contribution in [1.82, 2.24) is 4.90 Å². The van der Waals surface area contributed by atoms with Crippen LogP contribution in [0.25, 0.3) is 0 Å². The SMILES string of the molecule is C#CCN(CC1CC1)C(=O)c1ccc(N)cc1Cl. The van der Waals surface area contributed by atoms with Crippen molar-refractivity contribution in [2.24, 2.45) is 5.92 Å². The molecule has 4 heteroatoms. The monoisotopic (exact) mass is 262 g/mol. The van der Waals surface area contributed by atoms with Gasteiger partial charge >= 0.3 is 0 Å². The molecule has 0 saturated heterocycles. The Morgan fingerprint density at radius 2 is 2.28 bits per heavy atom. The number of anilines is 1. The van der Waals surface area contributed by atoms with Crippen LogP contribution in [0.3, 0.4) is 0 Å². The molecule has 94 valence electrons. The molecule has 0 atom stereocenters. The lowest BCUT2D eigenvalue weighted by Gasteiger charge is -2.20. The number of rotatable bonds is 4. The van der Waals surface area contributed by atoms with Gasteiger partial charge in [0.05, 0.1) is 17.1 Å². The molecule has 0 unspecified atom stereocenters. The van der Waals surface area contributed by atoms with Gasteiger partial charge in [0.15, 0.2) is 0 Å². The fourth-order valence-corrected chi connectivity index (χ4v) is 2.09. The van der Waals surface area contributed by atoms with Crippen LogP contribution in [0.2, 0.25) is 5.02 Å². The van der Waals surface area contributed by atoms with Crippen molar-refractivity contribution in [3.05, 3.63) is 28.8 Å². The van der Waals surface area contributed by atoms with Gasteiger partial charge in [-0.15, -0.1) is 6.42 Å². The Morgan fingerprint density at radius 3 is 2.83 bits per heavy atom. The highest BCUT2D eigenvalue weighted by Crippen LogP contribution is 2.30. The van der Waals surface area contributed by atoms with E-state index in [1.807, 2.05) is 0 Å². The number of carbonyl (C=O) groups excluding carboxylic acids is 1. The second kappa shape index (κ2) is 5.32. The first-order chi connectivity index (χ1) is 8.61. The third kappa shape index (κ3) is 2.96. The van der Waals surface area contributed by atoms with E-state index >= 15 is 0 Å². The van der Waals surface area contributed by atoms with E-state index in [9.17, 15) is 4.79 Å². The van der Waals surface area contributed by atoms with E-state index in [4.69, 9.17) is 23.8 Å². The fourth-order valence-electron chi connectivity index (χ4n) is 1.82. The number of nitrogen functional groups attached to an aromatic ring is 1. The summed E-state index contributed by atoms with van der Waals surface area (Å²) in [6.07, 6.45) is 7.65. The van der Waals surface area contributed by atoms with Gasteiger partial charge in [0.1, 0.15) is 0 Å². The average molecular weight is 263 g/mol. The number of hydrogen-bond acceptors (Lipinski definition) is 2. The van der Waals surface area contributed by atoms with E-state index in [-0.39, 0.29) is 5.91 Å². The van der Waals surface area contributed by atoms with Crippen LogP contribution in [0, 0.1) is 18.3 Å². The molecular formula is C14H15ClN2O. The van der Waals surface area contributed by atoms with Gasteiger partial charge in [0.25, 0.3) is 5.91 Å². The second-order valence-electron chi connectivity index (χ2n) is 4.57. The van der Waals surface area contributed by atoms with Crippen molar-refractivity contribution in [1.29, 1.82) is 0 Å². The standard InChI is InChI=1S/C14H15ClN2O/c1-2-7-17(9-10-3-4-10)14(18)12-6-5-11(16)8-13(12)15/h1,5-6,8,10H,3-4,7,9,16H2. The molecule has 18 heavy (non-hydrogen) atoms. The molecule has 1 aliphatic rings. The second-order valence-corrected chi connectivity index (χ2v) is 4.98. The molecule has 0 spiro atoms. The van der Waals surface area contributed by atoms with E-state index in [0.717, 1.165) is 0 Å². The molecule has 0 aliphatic heterocycles. The zero-order valence-electron chi connectivity index (χ0n) is 10.0. The van der Waals surface area contributed by atoms with Crippen molar-refractivity contribution in [3.63, 3.8) is 0 Å². The summed E-state index contributed by atoms with van der Waals surface area (Å²) in [4.78, 5) is 14.0.